The summed E-state index contributed by atoms with van der Waals surface area (Å²) in [6, 6.07) is 12.6. The van der Waals surface area contributed by atoms with Crippen LogP contribution in [0.2, 0.25) is 0 Å². The zero-order valence-corrected chi connectivity index (χ0v) is 15.8. The van der Waals surface area contributed by atoms with Gasteiger partial charge < -0.3 is 14.8 Å². The van der Waals surface area contributed by atoms with Crippen LogP contribution in [0.15, 0.2) is 60.2 Å². The number of rotatable bonds is 6. The Balaban J connectivity index is 1.37. The minimum absolute atomic E-state index is 0.0954. The van der Waals surface area contributed by atoms with E-state index in [4.69, 9.17) is 9.47 Å². The van der Waals surface area contributed by atoms with Gasteiger partial charge in [-0.1, -0.05) is 0 Å². The van der Waals surface area contributed by atoms with Crippen LogP contribution < -0.4 is 10.1 Å². The van der Waals surface area contributed by atoms with E-state index in [1.54, 1.807) is 37.7 Å². The van der Waals surface area contributed by atoms with Crippen LogP contribution in [0.1, 0.15) is 16.1 Å². The monoisotopic (exact) mass is 392 g/mol. The average molecular weight is 392 g/mol. The molecule has 28 heavy (non-hydrogen) atoms. The molecule has 4 aromatic rings. The van der Waals surface area contributed by atoms with E-state index in [-0.39, 0.29) is 6.61 Å². The van der Waals surface area contributed by atoms with Crippen molar-refractivity contribution in [1.82, 2.24) is 15.0 Å². The first kappa shape index (κ1) is 17.9. The number of thiazole rings is 1. The summed E-state index contributed by atoms with van der Waals surface area (Å²) in [5.41, 5.74) is 3.38. The minimum Gasteiger partial charge on any atom is -0.497 e. The Morgan fingerprint density at radius 2 is 1.86 bits per heavy atom. The molecule has 2 aromatic heterocycles. The average Bonchev–Trinajstić information content (AvgIpc) is 3.19. The molecule has 1 N–H and O–H groups in total. The van der Waals surface area contributed by atoms with Crippen LogP contribution in [-0.2, 0) is 11.3 Å². The molecule has 0 aliphatic rings. The van der Waals surface area contributed by atoms with Crippen molar-refractivity contribution >= 4 is 39.2 Å². The molecule has 0 aliphatic carbocycles. The predicted octanol–water partition coefficient (Wildman–Crippen LogP) is 4.20. The molecule has 0 amide bonds. The lowest BCUT2D eigenvalue weighted by atomic mass is 10.2. The number of hydrogen-bond donors (Lipinski definition) is 1. The van der Waals surface area contributed by atoms with E-state index < -0.39 is 5.97 Å². The van der Waals surface area contributed by atoms with Gasteiger partial charge >= 0.3 is 5.97 Å². The summed E-state index contributed by atoms with van der Waals surface area (Å²) in [7, 11) is 1.63. The van der Waals surface area contributed by atoms with Crippen molar-refractivity contribution in [2.24, 2.45) is 0 Å². The smallest absolute Gasteiger partial charge is 0.338 e. The summed E-state index contributed by atoms with van der Waals surface area (Å²) in [5, 5.41) is 5.78. The Hall–Kier alpha value is -3.52. The fourth-order valence-corrected chi connectivity index (χ4v) is 3.26. The molecule has 0 atom stereocenters. The van der Waals surface area contributed by atoms with E-state index in [0.717, 1.165) is 22.1 Å². The number of ether oxygens (including phenoxy) is 2. The van der Waals surface area contributed by atoms with Crippen LogP contribution in [0.5, 0.6) is 5.75 Å². The third-order valence-electron chi connectivity index (χ3n) is 3.95. The molecule has 0 spiro atoms. The maximum absolute atomic E-state index is 12.3. The molecule has 2 heterocycles. The molecule has 0 bridgehead atoms. The standard InChI is InChI=1S/C20H16N4O3S/c1-26-16-5-3-14(4-6-16)23-20-24-15(12-28-20)11-27-19(25)13-2-7-17-18(10-13)22-9-8-21-17/h2-10,12H,11H2,1H3,(H,23,24). The third kappa shape index (κ3) is 4.07. The molecule has 0 saturated carbocycles. The fourth-order valence-electron chi connectivity index (χ4n) is 2.54. The fraction of sp³-hybridized carbons (Fsp3) is 0.100. The van der Waals surface area contributed by atoms with Crippen molar-refractivity contribution in [3.05, 3.63) is 71.5 Å². The van der Waals surface area contributed by atoms with Gasteiger partial charge in [0.1, 0.15) is 12.4 Å². The number of carbonyl (C=O) groups excluding carboxylic acids is 1. The van der Waals surface area contributed by atoms with Crippen LogP contribution in [0, 0.1) is 0 Å². The van der Waals surface area contributed by atoms with Crippen molar-refractivity contribution < 1.29 is 14.3 Å². The van der Waals surface area contributed by atoms with Gasteiger partial charge in [0.05, 0.1) is 29.4 Å². The van der Waals surface area contributed by atoms with Crippen LogP contribution >= 0.6 is 11.3 Å². The van der Waals surface area contributed by atoms with Crippen molar-refractivity contribution in [1.29, 1.82) is 0 Å². The number of methoxy groups -OCH3 is 1. The van der Waals surface area contributed by atoms with E-state index >= 15 is 0 Å². The van der Waals surface area contributed by atoms with Gasteiger partial charge in [0.2, 0.25) is 0 Å². The summed E-state index contributed by atoms with van der Waals surface area (Å²) >= 11 is 1.44. The zero-order chi connectivity index (χ0) is 19.3. The number of hydrogen-bond acceptors (Lipinski definition) is 8. The highest BCUT2D eigenvalue weighted by Gasteiger charge is 2.11. The largest absolute Gasteiger partial charge is 0.497 e. The zero-order valence-electron chi connectivity index (χ0n) is 15.0. The SMILES string of the molecule is COc1ccc(Nc2nc(COC(=O)c3ccc4nccnc4c3)cs2)cc1. The van der Waals surface area contributed by atoms with Crippen molar-refractivity contribution in [3.8, 4) is 5.75 Å². The highest BCUT2D eigenvalue weighted by atomic mass is 32.1. The molecule has 140 valence electrons. The highest BCUT2D eigenvalue weighted by molar-refractivity contribution is 7.13. The summed E-state index contributed by atoms with van der Waals surface area (Å²) in [4.78, 5) is 25.1. The first-order valence-corrected chi connectivity index (χ1v) is 9.32. The predicted molar refractivity (Wildman–Crippen MR) is 107 cm³/mol. The second-order valence-corrected chi connectivity index (χ2v) is 6.69. The lowest BCUT2D eigenvalue weighted by molar-refractivity contribution is 0.0468. The third-order valence-corrected chi connectivity index (χ3v) is 4.76. The summed E-state index contributed by atoms with van der Waals surface area (Å²) < 4.78 is 10.5. The minimum atomic E-state index is -0.426. The van der Waals surface area contributed by atoms with E-state index in [2.05, 4.69) is 20.3 Å². The number of esters is 1. The number of anilines is 2. The molecule has 7 nitrogen and oxygen atoms in total. The van der Waals surface area contributed by atoms with Gasteiger partial charge in [-0.2, -0.15) is 0 Å². The molecule has 0 saturated heterocycles. The van der Waals surface area contributed by atoms with E-state index in [9.17, 15) is 4.79 Å². The Morgan fingerprint density at radius 1 is 1.07 bits per heavy atom. The first-order valence-electron chi connectivity index (χ1n) is 8.44. The molecule has 8 heteroatoms. The van der Waals surface area contributed by atoms with Crippen molar-refractivity contribution in [3.63, 3.8) is 0 Å². The number of carbonyl (C=O) groups is 1. The first-order chi connectivity index (χ1) is 13.7. The van der Waals surface area contributed by atoms with Crippen molar-refractivity contribution in [2.45, 2.75) is 6.61 Å². The van der Waals surface area contributed by atoms with Gasteiger partial charge in [-0.25, -0.2) is 9.78 Å². The lowest BCUT2D eigenvalue weighted by Gasteiger charge is -2.05. The van der Waals surface area contributed by atoms with Crippen LogP contribution in [0.4, 0.5) is 10.8 Å². The quantitative estimate of drug-likeness (QED) is 0.492. The van der Waals surface area contributed by atoms with Gasteiger partial charge in [-0.15, -0.1) is 11.3 Å². The molecule has 0 unspecified atom stereocenters. The van der Waals surface area contributed by atoms with Crippen molar-refractivity contribution in [2.75, 3.05) is 12.4 Å². The molecule has 0 radical (unpaired) electrons. The molecular formula is C20H16N4O3S. The molecular weight excluding hydrogens is 376 g/mol. The number of fused-ring (bicyclic) bond motifs is 1. The van der Waals surface area contributed by atoms with Gasteiger partial charge in [0, 0.05) is 23.5 Å². The number of nitrogens with zero attached hydrogens (tertiary/aromatic N) is 3. The van der Waals surface area contributed by atoms with Gasteiger partial charge in [0.15, 0.2) is 5.13 Å². The van der Waals surface area contributed by atoms with E-state index in [1.807, 2.05) is 29.6 Å². The Morgan fingerprint density at radius 3 is 2.64 bits per heavy atom. The Kier molecular flexibility index (Phi) is 5.11. The number of nitrogens with one attached hydrogen (secondary N) is 1. The summed E-state index contributed by atoms with van der Waals surface area (Å²) in [6.45, 7) is 0.0954. The number of aromatic nitrogens is 3. The molecule has 2 aromatic carbocycles. The van der Waals surface area contributed by atoms with Crippen LogP contribution in [-0.4, -0.2) is 28.0 Å². The summed E-state index contributed by atoms with van der Waals surface area (Å²) in [5.74, 6) is 0.363. The molecule has 0 fully saturated rings. The molecule has 4 rings (SSSR count). The lowest BCUT2D eigenvalue weighted by Crippen LogP contribution is -2.05. The van der Waals surface area contributed by atoms with Gasteiger partial charge in [0.25, 0.3) is 0 Å². The normalized spacial score (nSPS) is 10.6. The maximum Gasteiger partial charge on any atom is 0.338 e. The van der Waals surface area contributed by atoms with Crippen LogP contribution in [0.3, 0.4) is 0 Å². The highest BCUT2D eigenvalue weighted by Crippen LogP contribution is 2.23. The topological polar surface area (TPSA) is 86.2 Å². The second kappa shape index (κ2) is 8.01. The summed E-state index contributed by atoms with van der Waals surface area (Å²) in [6.07, 6.45) is 3.20. The maximum atomic E-state index is 12.3. The van der Waals surface area contributed by atoms with Gasteiger partial charge in [-0.05, 0) is 42.5 Å². The van der Waals surface area contributed by atoms with Crippen LogP contribution in [0.25, 0.3) is 11.0 Å². The van der Waals surface area contributed by atoms with E-state index in [1.165, 1.54) is 11.3 Å². The Bertz CT molecular complexity index is 1110. The molecule has 0 aliphatic heterocycles. The van der Waals surface area contributed by atoms with Gasteiger partial charge in [-0.3, -0.25) is 9.97 Å². The number of benzene rings is 2. The van der Waals surface area contributed by atoms with E-state index in [0.29, 0.717) is 16.8 Å². The Labute approximate surface area is 165 Å². The second-order valence-electron chi connectivity index (χ2n) is 5.83.